The second kappa shape index (κ2) is 4.63. The number of rotatable bonds is 5. The van der Waals surface area contributed by atoms with Crippen molar-refractivity contribution in [2.75, 3.05) is 0 Å². The molecule has 1 N–H and O–H groups in total. The van der Waals surface area contributed by atoms with Gasteiger partial charge in [-0.05, 0) is 24.5 Å². The van der Waals surface area contributed by atoms with E-state index in [0.717, 1.165) is 30.5 Å². The van der Waals surface area contributed by atoms with E-state index in [1.165, 1.54) is 11.3 Å². The first-order valence-corrected chi connectivity index (χ1v) is 6.87. The Morgan fingerprint density at radius 3 is 3.06 bits per heavy atom. The van der Waals surface area contributed by atoms with Crippen LogP contribution in [0, 0.1) is 5.92 Å². The molecule has 2 heterocycles. The summed E-state index contributed by atoms with van der Waals surface area (Å²) in [5, 5.41) is 3.36. The maximum absolute atomic E-state index is 5.82. The van der Waals surface area contributed by atoms with Gasteiger partial charge in [-0.2, -0.15) is 0 Å². The number of hydrogen-bond donors (Lipinski definition) is 1. The van der Waals surface area contributed by atoms with Crippen molar-refractivity contribution in [1.29, 1.82) is 0 Å². The zero-order chi connectivity index (χ0) is 11.7. The van der Waals surface area contributed by atoms with Crippen LogP contribution in [0.2, 0.25) is 0 Å². The van der Waals surface area contributed by atoms with Crippen LogP contribution in [-0.4, -0.2) is 4.98 Å². The summed E-state index contributed by atoms with van der Waals surface area (Å²) in [7, 11) is 0. The summed E-state index contributed by atoms with van der Waals surface area (Å²) in [6.07, 6.45) is 3.18. The molecule has 0 amide bonds. The second-order valence-electron chi connectivity index (χ2n) is 4.69. The van der Waals surface area contributed by atoms with Crippen molar-refractivity contribution in [2.45, 2.75) is 32.4 Å². The Morgan fingerprint density at radius 1 is 1.47 bits per heavy atom. The van der Waals surface area contributed by atoms with E-state index in [2.05, 4.69) is 29.4 Å². The van der Waals surface area contributed by atoms with Crippen LogP contribution in [0.3, 0.4) is 0 Å². The van der Waals surface area contributed by atoms with Gasteiger partial charge in [0, 0.05) is 23.5 Å². The van der Waals surface area contributed by atoms with E-state index < -0.39 is 0 Å². The van der Waals surface area contributed by atoms with E-state index in [-0.39, 0.29) is 0 Å². The topological polar surface area (TPSA) is 38.1 Å². The molecule has 0 spiro atoms. The van der Waals surface area contributed by atoms with Gasteiger partial charge >= 0.3 is 0 Å². The van der Waals surface area contributed by atoms with E-state index in [4.69, 9.17) is 4.42 Å². The quantitative estimate of drug-likeness (QED) is 0.883. The highest BCUT2D eigenvalue weighted by Gasteiger charge is 2.36. The fraction of sp³-hybridized carbons (Fsp3) is 0.462. The van der Waals surface area contributed by atoms with Gasteiger partial charge in [0.15, 0.2) is 0 Å². The van der Waals surface area contributed by atoms with E-state index in [1.807, 2.05) is 11.7 Å². The lowest BCUT2D eigenvalue weighted by molar-refractivity contribution is 0.444. The van der Waals surface area contributed by atoms with Crippen molar-refractivity contribution >= 4 is 11.3 Å². The molecule has 0 radical (unpaired) electrons. The van der Waals surface area contributed by atoms with Crippen molar-refractivity contribution < 1.29 is 4.42 Å². The maximum Gasteiger partial charge on any atom is 0.117 e. The summed E-state index contributed by atoms with van der Waals surface area (Å²) >= 11 is 1.67. The van der Waals surface area contributed by atoms with Crippen LogP contribution >= 0.6 is 11.3 Å². The molecule has 1 aliphatic carbocycles. The predicted molar refractivity (Wildman–Crippen MR) is 67.9 cm³/mol. The third-order valence-corrected chi connectivity index (χ3v) is 4.02. The zero-order valence-corrected chi connectivity index (χ0v) is 10.7. The molecular weight excluding hydrogens is 232 g/mol. The predicted octanol–water partition coefficient (Wildman–Crippen LogP) is 3.15. The molecule has 0 aromatic carbocycles. The first-order valence-electron chi connectivity index (χ1n) is 5.99. The summed E-state index contributed by atoms with van der Waals surface area (Å²) in [6, 6.07) is 4.21. The molecule has 1 saturated carbocycles. The second-order valence-corrected chi connectivity index (χ2v) is 5.67. The Kier molecular flexibility index (Phi) is 2.99. The van der Waals surface area contributed by atoms with Crippen LogP contribution in [0.15, 0.2) is 28.3 Å². The van der Waals surface area contributed by atoms with Crippen LogP contribution < -0.4 is 5.32 Å². The van der Waals surface area contributed by atoms with Gasteiger partial charge < -0.3 is 9.73 Å². The Labute approximate surface area is 105 Å². The van der Waals surface area contributed by atoms with Crippen molar-refractivity contribution in [1.82, 2.24) is 10.3 Å². The summed E-state index contributed by atoms with van der Waals surface area (Å²) in [5.74, 6) is 3.67. The van der Waals surface area contributed by atoms with Gasteiger partial charge in [0.2, 0.25) is 0 Å². The molecule has 3 nitrogen and oxygen atoms in total. The summed E-state index contributed by atoms with van der Waals surface area (Å²) in [4.78, 5) is 5.30. The molecule has 0 saturated heterocycles. The number of furan rings is 1. The van der Waals surface area contributed by atoms with E-state index in [0.29, 0.717) is 5.92 Å². The molecule has 0 aliphatic heterocycles. The number of aromatic nitrogens is 1. The molecule has 3 rings (SSSR count). The number of thiazole rings is 1. The molecular formula is C13H16N2OS. The average molecular weight is 248 g/mol. The largest absolute Gasteiger partial charge is 0.464 e. The molecule has 2 unspecified atom stereocenters. The maximum atomic E-state index is 5.82. The monoisotopic (exact) mass is 248 g/mol. The minimum atomic E-state index is 0.672. The van der Waals surface area contributed by atoms with Gasteiger partial charge in [-0.1, -0.05) is 6.92 Å². The lowest BCUT2D eigenvalue weighted by atomic mass is 10.3. The fourth-order valence-electron chi connectivity index (χ4n) is 2.05. The minimum Gasteiger partial charge on any atom is -0.464 e. The molecule has 2 aromatic rings. The van der Waals surface area contributed by atoms with Gasteiger partial charge in [-0.3, -0.25) is 4.98 Å². The number of nitrogens with zero attached hydrogens (tertiary/aromatic N) is 1. The Balaban J connectivity index is 1.50. The van der Waals surface area contributed by atoms with Crippen molar-refractivity contribution in [2.24, 2.45) is 5.92 Å². The highest BCUT2D eigenvalue weighted by Crippen LogP contribution is 2.47. The van der Waals surface area contributed by atoms with Gasteiger partial charge in [0.1, 0.15) is 11.5 Å². The van der Waals surface area contributed by atoms with Crippen molar-refractivity contribution in [3.8, 4) is 0 Å². The molecule has 2 atom stereocenters. The van der Waals surface area contributed by atoms with Gasteiger partial charge in [0.25, 0.3) is 0 Å². The van der Waals surface area contributed by atoms with Crippen molar-refractivity contribution in [3.05, 3.63) is 40.2 Å². The third kappa shape index (κ3) is 2.58. The van der Waals surface area contributed by atoms with Crippen LogP contribution in [0.5, 0.6) is 0 Å². The van der Waals surface area contributed by atoms with Crippen molar-refractivity contribution in [3.63, 3.8) is 0 Å². The Hall–Kier alpha value is -1.13. The number of hydrogen-bond acceptors (Lipinski definition) is 4. The van der Waals surface area contributed by atoms with Crippen LogP contribution in [0.1, 0.15) is 35.7 Å². The molecule has 17 heavy (non-hydrogen) atoms. The molecule has 2 aromatic heterocycles. The molecule has 1 aliphatic rings. The fourth-order valence-corrected chi connectivity index (χ4v) is 2.61. The number of nitrogens with one attached hydrogen (secondary N) is 1. The molecule has 4 heteroatoms. The highest BCUT2D eigenvalue weighted by atomic mass is 32.1. The van der Waals surface area contributed by atoms with E-state index >= 15 is 0 Å². The average Bonchev–Trinajstić information content (AvgIpc) is 2.76. The summed E-state index contributed by atoms with van der Waals surface area (Å²) in [6.45, 7) is 3.93. The lowest BCUT2D eigenvalue weighted by Gasteiger charge is -1.99. The third-order valence-electron chi connectivity index (χ3n) is 3.24. The Morgan fingerprint density at radius 2 is 2.35 bits per heavy atom. The minimum absolute atomic E-state index is 0.672. The Bertz CT molecular complexity index is 477. The normalized spacial score (nSPS) is 22.9. The first kappa shape index (κ1) is 11.0. The van der Waals surface area contributed by atoms with E-state index in [9.17, 15) is 0 Å². The lowest BCUT2D eigenvalue weighted by Crippen LogP contribution is -2.10. The van der Waals surface area contributed by atoms with Crippen LogP contribution in [0.25, 0.3) is 0 Å². The molecule has 90 valence electrons. The van der Waals surface area contributed by atoms with Crippen LogP contribution in [0.4, 0.5) is 0 Å². The van der Waals surface area contributed by atoms with Gasteiger partial charge in [-0.15, -0.1) is 11.3 Å². The standard InChI is InChI=1S/C13H16N2OS/c1-9-4-12(9)13-3-2-10(16-13)5-14-6-11-7-15-8-17-11/h2-3,7-9,12,14H,4-6H2,1H3. The highest BCUT2D eigenvalue weighted by molar-refractivity contribution is 7.09. The summed E-state index contributed by atoms with van der Waals surface area (Å²) < 4.78 is 5.82. The van der Waals surface area contributed by atoms with E-state index in [1.54, 1.807) is 11.3 Å². The van der Waals surface area contributed by atoms with Gasteiger partial charge in [0.05, 0.1) is 12.1 Å². The molecule has 0 bridgehead atoms. The summed E-state index contributed by atoms with van der Waals surface area (Å²) in [5.41, 5.74) is 1.86. The molecule has 1 fully saturated rings. The van der Waals surface area contributed by atoms with Crippen LogP contribution in [-0.2, 0) is 13.1 Å². The zero-order valence-electron chi connectivity index (χ0n) is 9.85. The SMILES string of the molecule is CC1CC1c1ccc(CNCc2cncs2)o1. The van der Waals surface area contributed by atoms with Gasteiger partial charge in [-0.25, -0.2) is 0 Å². The smallest absolute Gasteiger partial charge is 0.117 e. The first-order chi connectivity index (χ1) is 8.33.